The van der Waals surface area contributed by atoms with Gasteiger partial charge in [0.1, 0.15) is 0 Å². The molecule has 1 aromatic rings. The molecule has 0 N–H and O–H groups in total. The highest BCUT2D eigenvalue weighted by atomic mass is 15.5. The van der Waals surface area contributed by atoms with Gasteiger partial charge in [-0.25, -0.2) is 4.68 Å². The fourth-order valence-electron chi connectivity index (χ4n) is 1.94. The van der Waals surface area contributed by atoms with Crippen molar-refractivity contribution in [2.45, 2.75) is 18.9 Å². The smallest absolute Gasteiger partial charge is 0.0790 e. The van der Waals surface area contributed by atoms with Crippen molar-refractivity contribution in [3.05, 3.63) is 12.4 Å². The largest absolute Gasteiger partial charge is 0.299 e. The average molecular weight is 178 g/mol. The summed E-state index contributed by atoms with van der Waals surface area (Å²) >= 11 is 0. The topological polar surface area (TPSA) is 34.0 Å². The summed E-state index contributed by atoms with van der Waals surface area (Å²) in [6.07, 6.45) is 6.61. The molecular weight excluding hydrogens is 164 g/mol. The van der Waals surface area contributed by atoms with E-state index in [9.17, 15) is 0 Å². The second kappa shape index (κ2) is 2.80. The first-order valence-corrected chi connectivity index (χ1v) is 5.00. The zero-order chi connectivity index (χ0) is 8.67. The Balaban J connectivity index is 1.51. The summed E-state index contributed by atoms with van der Waals surface area (Å²) in [4.78, 5) is 2.52. The van der Waals surface area contributed by atoms with Gasteiger partial charge in [0.15, 0.2) is 0 Å². The molecule has 1 aliphatic carbocycles. The van der Waals surface area contributed by atoms with E-state index in [2.05, 4.69) is 15.2 Å². The normalized spacial score (nSPS) is 24.6. The monoisotopic (exact) mass is 178 g/mol. The highest BCUT2D eigenvalue weighted by Gasteiger charge is 2.33. The Morgan fingerprint density at radius 3 is 2.77 bits per heavy atom. The molecular formula is C9H14N4. The van der Waals surface area contributed by atoms with Crippen molar-refractivity contribution in [1.82, 2.24) is 19.9 Å². The first-order valence-electron chi connectivity index (χ1n) is 5.00. The second-order valence-corrected chi connectivity index (χ2v) is 4.20. The summed E-state index contributed by atoms with van der Waals surface area (Å²) in [5, 5.41) is 7.83. The molecule has 2 heterocycles. The Kier molecular flexibility index (Phi) is 1.62. The molecule has 1 saturated heterocycles. The molecule has 0 radical (unpaired) electrons. The van der Waals surface area contributed by atoms with Crippen LogP contribution < -0.4 is 0 Å². The molecule has 3 rings (SSSR count). The summed E-state index contributed by atoms with van der Waals surface area (Å²) in [7, 11) is 0. The Morgan fingerprint density at radius 1 is 1.31 bits per heavy atom. The van der Waals surface area contributed by atoms with Crippen LogP contribution in [0.3, 0.4) is 0 Å². The van der Waals surface area contributed by atoms with Crippen LogP contribution in [-0.4, -0.2) is 39.5 Å². The number of hydrogen-bond acceptors (Lipinski definition) is 3. The molecule has 1 saturated carbocycles. The molecule has 2 fully saturated rings. The molecule has 13 heavy (non-hydrogen) atoms. The number of likely N-dealkylation sites (tertiary alicyclic amines) is 1. The number of nitrogens with zero attached hydrogens (tertiary/aromatic N) is 4. The third-order valence-corrected chi connectivity index (χ3v) is 2.97. The van der Waals surface area contributed by atoms with Crippen LogP contribution in [0.5, 0.6) is 0 Å². The van der Waals surface area contributed by atoms with Crippen LogP contribution in [0.2, 0.25) is 0 Å². The van der Waals surface area contributed by atoms with E-state index < -0.39 is 0 Å². The Hall–Kier alpha value is -0.900. The van der Waals surface area contributed by atoms with Crippen LogP contribution in [0.15, 0.2) is 12.4 Å². The summed E-state index contributed by atoms with van der Waals surface area (Å²) in [6, 6.07) is 0.584. The maximum absolute atomic E-state index is 4.01. The number of hydrogen-bond donors (Lipinski definition) is 0. The van der Waals surface area contributed by atoms with Gasteiger partial charge in [-0.1, -0.05) is 5.21 Å². The maximum atomic E-state index is 4.01. The van der Waals surface area contributed by atoms with Crippen molar-refractivity contribution in [2.75, 3.05) is 19.6 Å². The van der Waals surface area contributed by atoms with Crippen LogP contribution in [-0.2, 0) is 0 Å². The van der Waals surface area contributed by atoms with Crippen molar-refractivity contribution in [3.8, 4) is 0 Å². The van der Waals surface area contributed by atoms with E-state index in [1.54, 1.807) is 6.20 Å². The molecule has 0 amide bonds. The maximum Gasteiger partial charge on any atom is 0.0790 e. The fraction of sp³-hybridized carbons (Fsp3) is 0.778. The zero-order valence-corrected chi connectivity index (χ0v) is 7.63. The molecule has 4 heteroatoms. The van der Waals surface area contributed by atoms with E-state index in [4.69, 9.17) is 0 Å². The first kappa shape index (κ1) is 7.50. The lowest BCUT2D eigenvalue weighted by atomic mass is 10.1. The second-order valence-electron chi connectivity index (χ2n) is 4.20. The molecule has 0 atom stereocenters. The van der Waals surface area contributed by atoms with Crippen LogP contribution >= 0.6 is 0 Å². The molecule has 70 valence electrons. The van der Waals surface area contributed by atoms with Crippen molar-refractivity contribution in [3.63, 3.8) is 0 Å². The Morgan fingerprint density at radius 2 is 2.15 bits per heavy atom. The first-order chi connectivity index (χ1) is 6.42. The SMILES string of the molecule is c1cn(C2CN(CC3CC3)C2)nn1. The van der Waals surface area contributed by atoms with Gasteiger partial charge < -0.3 is 0 Å². The average Bonchev–Trinajstić information content (AvgIpc) is 2.72. The number of aromatic nitrogens is 3. The lowest BCUT2D eigenvalue weighted by Crippen LogP contribution is -2.48. The quantitative estimate of drug-likeness (QED) is 0.677. The zero-order valence-electron chi connectivity index (χ0n) is 7.63. The highest BCUT2D eigenvalue weighted by molar-refractivity contribution is 4.89. The Bertz CT molecular complexity index is 272. The van der Waals surface area contributed by atoms with Gasteiger partial charge in [-0.2, -0.15) is 0 Å². The molecule has 4 nitrogen and oxygen atoms in total. The third-order valence-electron chi connectivity index (χ3n) is 2.97. The van der Waals surface area contributed by atoms with Crippen molar-refractivity contribution < 1.29 is 0 Å². The minimum absolute atomic E-state index is 0.584. The lowest BCUT2D eigenvalue weighted by Gasteiger charge is -2.38. The van der Waals surface area contributed by atoms with Gasteiger partial charge in [0.05, 0.1) is 12.2 Å². The van der Waals surface area contributed by atoms with Crippen molar-refractivity contribution in [1.29, 1.82) is 0 Å². The van der Waals surface area contributed by atoms with Gasteiger partial charge in [-0.15, -0.1) is 5.10 Å². The molecule has 0 aromatic carbocycles. The van der Waals surface area contributed by atoms with Gasteiger partial charge >= 0.3 is 0 Å². The standard InChI is InChI=1S/C9H14N4/c1-2-8(1)5-12-6-9(7-12)13-4-3-10-11-13/h3-4,8-9H,1-2,5-7H2. The summed E-state index contributed by atoms with van der Waals surface area (Å²) in [6.45, 7) is 3.64. The van der Waals surface area contributed by atoms with Crippen LogP contribution in [0.4, 0.5) is 0 Å². The summed E-state index contributed by atoms with van der Waals surface area (Å²) in [5.74, 6) is 1.01. The van der Waals surface area contributed by atoms with Crippen LogP contribution in [0, 0.1) is 5.92 Å². The van der Waals surface area contributed by atoms with E-state index in [0.29, 0.717) is 6.04 Å². The molecule has 0 unspecified atom stereocenters. The van der Waals surface area contributed by atoms with Crippen molar-refractivity contribution >= 4 is 0 Å². The predicted molar refractivity (Wildman–Crippen MR) is 48.2 cm³/mol. The van der Waals surface area contributed by atoms with E-state index >= 15 is 0 Å². The summed E-state index contributed by atoms with van der Waals surface area (Å²) in [5.41, 5.74) is 0. The van der Waals surface area contributed by atoms with Gasteiger partial charge in [0.2, 0.25) is 0 Å². The Labute approximate surface area is 77.5 Å². The van der Waals surface area contributed by atoms with E-state index in [0.717, 1.165) is 5.92 Å². The van der Waals surface area contributed by atoms with E-state index in [1.165, 1.54) is 32.5 Å². The molecule has 1 aromatic heterocycles. The predicted octanol–water partition coefficient (Wildman–Crippen LogP) is 0.545. The van der Waals surface area contributed by atoms with E-state index in [-0.39, 0.29) is 0 Å². The van der Waals surface area contributed by atoms with Crippen molar-refractivity contribution in [2.24, 2.45) is 5.92 Å². The number of rotatable bonds is 3. The van der Waals surface area contributed by atoms with Gasteiger partial charge in [0.25, 0.3) is 0 Å². The lowest BCUT2D eigenvalue weighted by molar-refractivity contribution is 0.0922. The van der Waals surface area contributed by atoms with Gasteiger partial charge in [-0.05, 0) is 18.8 Å². The molecule has 1 aliphatic heterocycles. The van der Waals surface area contributed by atoms with Crippen LogP contribution in [0.25, 0.3) is 0 Å². The third kappa shape index (κ3) is 1.46. The van der Waals surface area contributed by atoms with Crippen LogP contribution in [0.1, 0.15) is 18.9 Å². The van der Waals surface area contributed by atoms with E-state index in [1.807, 2.05) is 10.9 Å². The minimum atomic E-state index is 0.584. The molecule has 2 aliphatic rings. The van der Waals surface area contributed by atoms with Gasteiger partial charge in [0, 0.05) is 25.8 Å². The minimum Gasteiger partial charge on any atom is -0.299 e. The fourth-order valence-corrected chi connectivity index (χ4v) is 1.94. The highest BCUT2D eigenvalue weighted by Crippen LogP contribution is 2.32. The summed E-state index contributed by atoms with van der Waals surface area (Å²) < 4.78 is 1.98. The molecule has 0 bridgehead atoms. The molecule has 0 spiro atoms. The van der Waals surface area contributed by atoms with Gasteiger partial charge in [-0.3, -0.25) is 4.90 Å².